The minimum atomic E-state index is -0.499. The van der Waals surface area contributed by atoms with Gasteiger partial charge >= 0.3 is 0 Å². The fourth-order valence-electron chi connectivity index (χ4n) is 3.31. The van der Waals surface area contributed by atoms with Gasteiger partial charge < -0.3 is 9.67 Å². The Hall–Kier alpha value is -3.24. The summed E-state index contributed by atoms with van der Waals surface area (Å²) in [6.07, 6.45) is 5.51. The molecule has 4 nitrogen and oxygen atoms in total. The Morgan fingerprint density at radius 1 is 0.852 bits per heavy atom. The summed E-state index contributed by atoms with van der Waals surface area (Å²) in [7, 11) is 0. The number of imidazole rings is 1. The Balaban J connectivity index is 1.67. The van der Waals surface area contributed by atoms with Gasteiger partial charge in [0.25, 0.3) is 0 Å². The molecule has 4 aromatic rings. The van der Waals surface area contributed by atoms with Gasteiger partial charge in [-0.1, -0.05) is 60.7 Å². The molecule has 0 saturated heterocycles. The molecule has 27 heavy (non-hydrogen) atoms. The number of nitrogens with zero attached hydrogens (tertiary/aromatic N) is 3. The molecule has 0 bridgehead atoms. The number of hydrogen-bond acceptors (Lipinski definition) is 3. The van der Waals surface area contributed by atoms with E-state index in [9.17, 15) is 5.11 Å². The van der Waals surface area contributed by atoms with E-state index in [1.807, 2.05) is 83.6 Å². The number of aliphatic hydroxyl groups excluding tert-OH is 1. The third-order valence-corrected chi connectivity index (χ3v) is 4.54. The molecule has 0 amide bonds. The molecule has 0 aliphatic carbocycles. The molecule has 0 radical (unpaired) electrons. The van der Waals surface area contributed by atoms with E-state index in [0.717, 1.165) is 28.1 Å². The van der Waals surface area contributed by atoms with E-state index in [0.29, 0.717) is 13.0 Å². The van der Waals surface area contributed by atoms with Crippen molar-refractivity contribution in [3.05, 3.63) is 97.1 Å². The van der Waals surface area contributed by atoms with E-state index in [1.54, 1.807) is 12.5 Å². The third kappa shape index (κ3) is 3.96. The summed E-state index contributed by atoms with van der Waals surface area (Å²) in [5.41, 5.74) is 5.03. The lowest BCUT2D eigenvalue weighted by Gasteiger charge is -2.15. The van der Waals surface area contributed by atoms with Gasteiger partial charge in [0.1, 0.15) is 0 Å². The maximum Gasteiger partial charge on any atom is 0.0963 e. The van der Waals surface area contributed by atoms with Crippen molar-refractivity contribution >= 4 is 0 Å². The van der Waals surface area contributed by atoms with Crippen LogP contribution in [0.1, 0.15) is 5.56 Å². The zero-order chi connectivity index (χ0) is 18.5. The standard InChI is InChI=1S/C23H21N3O/c27-21(14-18-8-3-1-4-9-18)16-26-17-25-22(19-10-5-2-6-11-19)23(26)20-12-7-13-24-15-20/h1-13,15,17,21,27H,14,16H2/t21-/m0/s1. The van der Waals surface area contributed by atoms with Crippen LogP contribution in [0.2, 0.25) is 0 Å². The topological polar surface area (TPSA) is 50.9 Å². The minimum absolute atomic E-state index is 0.471. The molecular formula is C23H21N3O. The Morgan fingerprint density at radius 2 is 1.56 bits per heavy atom. The molecule has 0 fully saturated rings. The lowest BCUT2D eigenvalue weighted by Crippen LogP contribution is -2.18. The van der Waals surface area contributed by atoms with Crippen LogP contribution in [0, 0.1) is 0 Å². The van der Waals surface area contributed by atoms with Crippen molar-refractivity contribution in [2.24, 2.45) is 0 Å². The minimum Gasteiger partial charge on any atom is -0.391 e. The van der Waals surface area contributed by atoms with E-state index >= 15 is 0 Å². The van der Waals surface area contributed by atoms with Gasteiger partial charge in [-0.2, -0.15) is 0 Å². The second-order valence-electron chi connectivity index (χ2n) is 6.55. The summed E-state index contributed by atoms with van der Waals surface area (Å²) < 4.78 is 2.02. The van der Waals surface area contributed by atoms with Gasteiger partial charge in [-0.15, -0.1) is 0 Å². The predicted molar refractivity (Wildman–Crippen MR) is 107 cm³/mol. The van der Waals surface area contributed by atoms with Gasteiger partial charge in [-0.05, 0) is 17.7 Å². The molecule has 2 heterocycles. The molecule has 1 N–H and O–H groups in total. The number of aliphatic hydroxyl groups is 1. The zero-order valence-electron chi connectivity index (χ0n) is 14.9. The first-order valence-electron chi connectivity index (χ1n) is 9.04. The highest BCUT2D eigenvalue weighted by atomic mass is 16.3. The van der Waals surface area contributed by atoms with E-state index in [4.69, 9.17) is 0 Å². The molecule has 0 unspecified atom stereocenters. The van der Waals surface area contributed by atoms with Crippen LogP contribution in [0.5, 0.6) is 0 Å². The first kappa shape index (κ1) is 17.2. The maximum atomic E-state index is 10.6. The Morgan fingerprint density at radius 3 is 2.26 bits per heavy atom. The molecule has 4 heteroatoms. The highest BCUT2D eigenvalue weighted by molar-refractivity contribution is 5.78. The largest absolute Gasteiger partial charge is 0.391 e. The van der Waals surface area contributed by atoms with Gasteiger partial charge in [0.15, 0.2) is 0 Å². The first-order chi connectivity index (χ1) is 13.3. The van der Waals surface area contributed by atoms with Crippen LogP contribution in [0.25, 0.3) is 22.5 Å². The summed E-state index contributed by atoms with van der Waals surface area (Å²) in [6, 6.07) is 24.1. The second-order valence-corrected chi connectivity index (χ2v) is 6.55. The SMILES string of the molecule is O[C@@H](Cc1ccccc1)Cn1cnc(-c2ccccc2)c1-c1cccnc1. The first-order valence-corrected chi connectivity index (χ1v) is 9.04. The van der Waals surface area contributed by atoms with Crippen LogP contribution in [0.3, 0.4) is 0 Å². The quantitative estimate of drug-likeness (QED) is 0.563. The van der Waals surface area contributed by atoms with Crippen molar-refractivity contribution in [3.8, 4) is 22.5 Å². The third-order valence-electron chi connectivity index (χ3n) is 4.54. The number of rotatable bonds is 6. The number of aromatic nitrogens is 3. The maximum absolute atomic E-state index is 10.6. The molecule has 2 aromatic carbocycles. The smallest absolute Gasteiger partial charge is 0.0963 e. The second kappa shape index (κ2) is 7.98. The van der Waals surface area contributed by atoms with Crippen LogP contribution in [0.15, 0.2) is 91.5 Å². The van der Waals surface area contributed by atoms with Crippen molar-refractivity contribution in [1.82, 2.24) is 14.5 Å². The molecule has 1 atom stereocenters. The highest BCUT2D eigenvalue weighted by Crippen LogP contribution is 2.31. The van der Waals surface area contributed by atoms with Crippen molar-refractivity contribution in [3.63, 3.8) is 0 Å². The van der Waals surface area contributed by atoms with Crippen molar-refractivity contribution < 1.29 is 5.11 Å². The number of pyridine rings is 1. The normalized spacial score (nSPS) is 12.0. The molecule has 0 saturated carbocycles. The summed E-state index contributed by atoms with van der Waals surface area (Å²) in [5, 5.41) is 10.6. The molecule has 4 rings (SSSR count). The molecular weight excluding hydrogens is 334 g/mol. The van der Waals surface area contributed by atoms with Crippen LogP contribution in [-0.2, 0) is 13.0 Å². The number of hydrogen-bond donors (Lipinski definition) is 1. The zero-order valence-corrected chi connectivity index (χ0v) is 14.9. The highest BCUT2D eigenvalue weighted by Gasteiger charge is 2.17. The molecule has 0 spiro atoms. The Labute approximate surface area is 158 Å². The fraction of sp³-hybridized carbons (Fsp3) is 0.130. The Bertz CT molecular complexity index is 982. The lowest BCUT2D eigenvalue weighted by molar-refractivity contribution is 0.155. The van der Waals surface area contributed by atoms with Gasteiger partial charge in [0.05, 0.1) is 30.4 Å². The molecule has 0 aliphatic heterocycles. The van der Waals surface area contributed by atoms with Gasteiger partial charge in [-0.25, -0.2) is 4.98 Å². The van der Waals surface area contributed by atoms with Crippen LogP contribution in [-0.4, -0.2) is 25.7 Å². The van der Waals surface area contributed by atoms with E-state index in [2.05, 4.69) is 9.97 Å². The monoisotopic (exact) mass is 355 g/mol. The summed E-state index contributed by atoms with van der Waals surface area (Å²) >= 11 is 0. The summed E-state index contributed by atoms with van der Waals surface area (Å²) in [6.45, 7) is 0.471. The van der Waals surface area contributed by atoms with Crippen LogP contribution in [0.4, 0.5) is 0 Å². The lowest BCUT2D eigenvalue weighted by atomic mass is 10.1. The van der Waals surface area contributed by atoms with Gasteiger partial charge in [0.2, 0.25) is 0 Å². The average Bonchev–Trinajstić information content (AvgIpc) is 3.13. The predicted octanol–water partition coefficient (Wildman–Crippen LogP) is 4.22. The summed E-state index contributed by atoms with van der Waals surface area (Å²) in [4.78, 5) is 8.91. The van der Waals surface area contributed by atoms with E-state index in [1.165, 1.54) is 0 Å². The fourth-order valence-corrected chi connectivity index (χ4v) is 3.31. The van der Waals surface area contributed by atoms with E-state index < -0.39 is 6.10 Å². The Kier molecular flexibility index (Phi) is 5.08. The number of benzene rings is 2. The van der Waals surface area contributed by atoms with E-state index in [-0.39, 0.29) is 0 Å². The molecule has 0 aliphatic rings. The molecule has 2 aromatic heterocycles. The average molecular weight is 355 g/mol. The van der Waals surface area contributed by atoms with Crippen molar-refractivity contribution in [2.75, 3.05) is 0 Å². The van der Waals surface area contributed by atoms with Crippen molar-refractivity contribution in [1.29, 1.82) is 0 Å². The van der Waals surface area contributed by atoms with Crippen LogP contribution < -0.4 is 0 Å². The van der Waals surface area contributed by atoms with Crippen LogP contribution >= 0.6 is 0 Å². The van der Waals surface area contributed by atoms with Crippen molar-refractivity contribution in [2.45, 2.75) is 19.1 Å². The van der Waals surface area contributed by atoms with Gasteiger partial charge in [-0.3, -0.25) is 4.98 Å². The van der Waals surface area contributed by atoms with Gasteiger partial charge in [0, 0.05) is 29.9 Å². The molecule has 134 valence electrons. The summed E-state index contributed by atoms with van der Waals surface area (Å²) in [5.74, 6) is 0.